The lowest BCUT2D eigenvalue weighted by atomic mass is 9.86. The normalized spacial score (nSPS) is 33.4. The Labute approximate surface area is 686 Å². The summed E-state index contributed by atoms with van der Waals surface area (Å²) in [5.41, 5.74) is 0. The third kappa shape index (κ3) is 29.7. The van der Waals surface area contributed by atoms with E-state index in [4.69, 9.17) is 47.4 Å². The second kappa shape index (κ2) is 51.5. The summed E-state index contributed by atoms with van der Waals surface area (Å²) in [6, 6.07) is -6.93. The molecule has 0 saturated carbocycles. The number of carbonyl (C=O) groups is 7. The number of aliphatic hydroxyl groups is 17. The first kappa shape index (κ1) is 104. The van der Waals surface area contributed by atoms with E-state index in [2.05, 4.69) is 35.1 Å². The Morgan fingerprint density at radius 3 is 1.18 bits per heavy atom. The van der Waals surface area contributed by atoms with Crippen molar-refractivity contribution in [3.05, 3.63) is 0 Å². The fourth-order valence-electron chi connectivity index (χ4n) is 15.7. The highest BCUT2D eigenvalue weighted by Crippen LogP contribution is 2.43. The molecular weight excluding hydrogens is 1570 g/mol. The summed E-state index contributed by atoms with van der Waals surface area (Å²) in [6.45, 7) is -0.0448. The maximum atomic E-state index is 13.8. The van der Waals surface area contributed by atoms with Crippen LogP contribution in [-0.2, 0) is 80.9 Å². The van der Waals surface area contributed by atoms with Crippen molar-refractivity contribution in [1.29, 1.82) is 0 Å². The van der Waals surface area contributed by atoms with E-state index in [0.717, 1.165) is 85.0 Å². The lowest BCUT2D eigenvalue weighted by Crippen LogP contribution is -2.72. The Balaban J connectivity index is 1.37. The summed E-state index contributed by atoms with van der Waals surface area (Å²) in [7, 11) is 0. The number of unbranched alkanes of at least 4 members (excludes halogenated alkanes) is 22. The van der Waals surface area contributed by atoms with Crippen LogP contribution in [0.4, 0.5) is 0 Å². The third-order valence-electron chi connectivity index (χ3n) is 22.3. The maximum absolute atomic E-state index is 13.8. The number of aliphatic hydroxyl groups excluding tert-OH is 17. The van der Waals surface area contributed by atoms with Crippen LogP contribution in [0.1, 0.15) is 221 Å². The van der Waals surface area contributed by atoms with Crippen molar-refractivity contribution in [2.45, 2.75) is 403 Å². The Morgan fingerprint density at radius 2 is 0.797 bits per heavy atom. The summed E-state index contributed by atoms with van der Waals surface area (Å²) in [6.07, 6.45) is -29.4. The van der Waals surface area contributed by atoms with Gasteiger partial charge in [-0.15, -0.1) is 0 Å². The van der Waals surface area contributed by atoms with Gasteiger partial charge in [-0.3, -0.25) is 19.2 Å². The molecule has 0 radical (unpaired) electrons. The Bertz CT molecular complexity index is 2980. The van der Waals surface area contributed by atoms with Crippen LogP contribution in [0.15, 0.2) is 0 Å². The average molecular weight is 1710 g/mol. The molecule has 5 heterocycles. The van der Waals surface area contributed by atoms with E-state index in [-0.39, 0.29) is 18.7 Å². The molecule has 0 aromatic carbocycles. The number of carbonyl (C=O) groups excluding carboxylic acids is 4. The predicted molar refractivity (Wildman–Crippen MR) is 406 cm³/mol. The van der Waals surface area contributed by atoms with E-state index in [9.17, 15) is 136 Å². The van der Waals surface area contributed by atoms with Gasteiger partial charge in [0.25, 0.3) is 17.4 Å². The van der Waals surface area contributed by atoms with Gasteiger partial charge in [0, 0.05) is 46.5 Å². The Kier molecular flexibility index (Phi) is 45.3. The molecule has 686 valence electrons. The van der Waals surface area contributed by atoms with Gasteiger partial charge < -0.3 is 171 Å². The molecule has 5 aliphatic rings. The van der Waals surface area contributed by atoms with Crippen molar-refractivity contribution < 1.29 is 183 Å². The molecule has 0 aromatic heterocycles. The highest BCUT2D eigenvalue weighted by molar-refractivity contribution is 5.79. The minimum Gasteiger partial charge on any atom is -0.477 e. The van der Waals surface area contributed by atoms with Crippen molar-refractivity contribution in [1.82, 2.24) is 21.3 Å². The SMILES string of the molecule is CCCCCCCCCCCCCCC[C@@H](O)[C@H](CO[C@@H]1O[C@H](CO)[C@@H](O[C@@H]2O[C@H](CO)[C@H](O)[C@H](O[C@]3(C(=O)O)C[C@H](O)[C@@H](NC(C)=O)C([C@H](O)[C@@H](CO)O[C@]4(C(=O)O)C[C@H](O)[C@@H](NC(C)=O)C([C@H](O)[C@@H](CO)O[C@]5(C(=O)O)C[C@H](O)[C@@H](NC(C)=O)C([C@H](O)[C@H](O)CO)O5)O4)O3)[C@H]2O)[C@H](O)[C@H]1O)NC(=O)CCCCCCCCCCCCC. The van der Waals surface area contributed by atoms with Gasteiger partial charge in [-0.05, 0) is 12.8 Å². The molecule has 4 amide bonds. The van der Waals surface area contributed by atoms with Gasteiger partial charge in [0.2, 0.25) is 23.6 Å². The van der Waals surface area contributed by atoms with Crippen LogP contribution < -0.4 is 21.3 Å². The summed E-state index contributed by atoms with van der Waals surface area (Å²) < 4.78 is 58.2. The van der Waals surface area contributed by atoms with E-state index < -0.39 is 277 Å². The van der Waals surface area contributed by atoms with Gasteiger partial charge in [-0.1, -0.05) is 162 Å². The van der Waals surface area contributed by atoms with Gasteiger partial charge >= 0.3 is 17.9 Å². The fraction of sp³-hybridized carbons (Fsp3) is 0.909. The molecule has 0 spiro atoms. The molecule has 0 aliphatic carbocycles. The molecule has 3 unspecified atom stereocenters. The highest BCUT2D eigenvalue weighted by Gasteiger charge is 2.64. The molecule has 118 heavy (non-hydrogen) atoms. The molecule has 30 atom stereocenters. The number of hydrogen-bond donors (Lipinski definition) is 24. The Hall–Kier alpha value is -4.79. The first-order valence-corrected chi connectivity index (χ1v) is 41.7. The molecule has 41 nitrogen and oxygen atoms in total. The van der Waals surface area contributed by atoms with Crippen LogP contribution >= 0.6 is 0 Å². The molecule has 24 N–H and O–H groups in total. The minimum absolute atomic E-state index is 0.145. The van der Waals surface area contributed by atoms with Gasteiger partial charge in [0.15, 0.2) is 12.6 Å². The molecule has 41 heteroatoms. The number of amides is 4. The zero-order valence-corrected chi connectivity index (χ0v) is 68.2. The molecule has 5 rings (SSSR count). The van der Waals surface area contributed by atoms with Crippen LogP contribution in [0.2, 0.25) is 0 Å². The molecule has 0 aromatic rings. The van der Waals surface area contributed by atoms with Crippen LogP contribution in [0.5, 0.6) is 0 Å². The van der Waals surface area contributed by atoms with Crippen LogP contribution in [0.25, 0.3) is 0 Å². The number of ether oxygens (including phenoxy) is 10. The van der Waals surface area contributed by atoms with Crippen LogP contribution in [0, 0.1) is 0 Å². The molecular formula is C77H136N4O37. The van der Waals surface area contributed by atoms with Gasteiger partial charge in [-0.25, -0.2) is 14.4 Å². The van der Waals surface area contributed by atoms with E-state index in [0.29, 0.717) is 12.8 Å². The van der Waals surface area contributed by atoms with E-state index in [1.807, 2.05) is 0 Å². The number of nitrogens with one attached hydrogen (secondary N) is 4. The minimum atomic E-state index is -3.57. The summed E-state index contributed by atoms with van der Waals surface area (Å²) in [5, 5.41) is 235. The number of aliphatic carboxylic acids is 3. The fourth-order valence-corrected chi connectivity index (χ4v) is 15.7. The zero-order chi connectivity index (χ0) is 87.8. The Morgan fingerprint density at radius 1 is 0.424 bits per heavy atom. The molecule has 0 bridgehead atoms. The largest absolute Gasteiger partial charge is 0.477 e. The van der Waals surface area contributed by atoms with Crippen molar-refractivity contribution in [3.8, 4) is 0 Å². The van der Waals surface area contributed by atoms with Crippen molar-refractivity contribution >= 4 is 41.5 Å². The standard InChI is InChI=1S/C77H136N4O37/c1-6-8-10-12-14-16-18-19-21-22-24-26-28-30-45(90)44(81-54(95)31-29-27-25-23-20-17-15-13-11-9-7-2)40-109-70-63(101)62(100)65(53(39-86)111-70)112-71-64(102)69(59(97)50(36-83)110-71)118-77(74(107)108)34-48(93)57(80-43(5)89)68(117-77)61(99)52(38-85)114-76(73(105)106)33-47(92)56(79-42(4)88)67(116-76)60(98)51(37-84)113-75(72(103)104)32-46(91)55(78-41(3)87)66(115-75)58(96)49(94)35-82/h44-53,55-71,82-86,90-94,96-102H,6-40H2,1-5H3,(H,78,87)(H,79,88)(H,80,89)(H,81,95)(H,103,104)(H,105,106)(H,107,108)/t44-,45+,46-,47-,48-,49+,50+,51+,52+,53+,55+,56+,57+,58+,59-,60+,61+,62+,63+,64+,65+,66?,67?,68?,69-,70+,71-,75+,76+,77-/m0/s1. The zero-order valence-electron chi connectivity index (χ0n) is 68.2. The first-order chi connectivity index (χ1) is 56.0. The van der Waals surface area contributed by atoms with Crippen LogP contribution in [0.3, 0.4) is 0 Å². The van der Waals surface area contributed by atoms with E-state index >= 15 is 0 Å². The van der Waals surface area contributed by atoms with Crippen molar-refractivity contribution in [2.24, 2.45) is 0 Å². The van der Waals surface area contributed by atoms with Crippen molar-refractivity contribution in [3.63, 3.8) is 0 Å². The average Bonchev–Trinajstić information content (AvgIpc) is 0.762. The van der Waals surface area contributed by atoms with Gasteiger partial charge in [0.1, 0.15) is 104 Å². The molecule has 5 fully saturated rings. The first-order valence-electron chi connectivity index (χ1n) is 41.7. The topological polar surface area (TPSA) is 665 Å². The number of rotatable bonds is 56. The third-order valence-corrected chi connectivity index (χ3v) is 22.3. The lowest BCUT2D eigenvalue weighted by Gasteiger charge is -2.51. The molecule has 5 aliphatic heterocycles. The van der Waals surface area contributed by atoms with Crippen molar-refractivity contribution in [2.75, 3.05) is 39.6 Å². The quantitative estimate of drug-likeness (QED) is 0.0260. The van der Waals surface area contributed by atoms with E-state index in [1.54, 1.807) is 0 Å². The summed E-state index contributed by atoms with van der Waals surface area (Å²) in [4.78, 5) is 92.0. The maximum Gasteiger partial charge on any atom is 0.364 e. The smallest absolute Gasteiger partial charge is 0.364 e. The van der Waals surface area contributed by atoms with Gasteiger partial charge in [0.05, 0.1) is 88.2 Å². The monoisotopic (exact) mass is 1710 g/mol. The van der Waals surface area contributed by atoms with Crippen LogP contribution in [-0.4, -0.2) is 366 Å². The number of carboxylic acids is 3. The summed E-state index contributed by atoms with van der Waals surface area (Å²) >= 11 is 0. The molecule has 5 saturated heterocycles. The van der Waals surface area contributed by atoms with Gasteiger partial charge in [-0.2, -0.15) is 0 Å². The van der Waals surface area contributed by atoms with E-state index in [1.165, 1.54) is 77.0 Å². The number of carboxylic acid groups (broad SMARTS) is 3. The highest BCUT2D eigenvalue weighted by atomic mass is 16.8. The lowest BCUT2D eigenvalue weighted by molar-refractivity contribution is -0.388. The predicted octanol–water partition coefficient (Wildman–Crippen LogP) is -3.82. The second-order valence-corrected chi connectivity index (χ2v) is 31.8. The number of hydrogen-bond acceptors (Lipinski definition) is 34. The second-order valence-electron chi connectivity index (χ2n) is 31.8. The summed E-state index contributed by atoms with van der Waals surface area (Å²) in [5.74, 6) is -20.5.